The lowest BCUT2D eigenvalue weighted by Crippen LogP contribution is -2.27. The van der Waals surface area contributed by atoms with E-state index in [1.54, 1.807) is 35.7 Å². The van der Waals surface area contributed by atoms with Gasteiger partial charge in [-0.25, -0.2) is 0 Å². The Bertz CT molecular complexity index is 536. The van der Waals surface area contributed by atoms with Gasteiger partial charge in [-0.1, -0.05) is 18.2 Å². The third kappa shape index (κ3) is 2.25. The Kier molecular flexibility index (Phi) is 3.32. The quantitative estimate of drug-likeness (QED) is 0.515. The van der Waals surface area contributed by atoms with Crippen molar-refractivity contribution >= 4 is 29.2 Å². The molecular formula is C12H9NO3S. The molecule has 0 aliphatic rings. The zero-order valence-corrected chi connectivity index (χ0v) is 9.55. The zero-order chi connectivity index (χ0) is 12.3. The van der Waals surface area contributed by atoms with Crippen molar-refractivity contribution in [2.24, 2.45) is 0 Å². The molecule has 0 spiro atoms. The second-order valence-electron chi connectivity index (χ2n) is 3.27. The van der Waals surface area contributed by atoms with Gasteiger partial charge in [-0.2, -0.15) is 5.06 Å². The number of aldehydes is 1. The molecule has 1 heterocycles. The van der Waals surface area contributed by atoms with Crippen molar-refractivity contribution in [1.29, 1.82) is 0 Å². The van der Waals surface area contributed by atoms with Crippen LogP contribution < -0.4 is 5.06 Å². The first-order chi connectivity index (χ1) is 8.24. The lowest BCUT2D eigenvalue weighted by molar-refractivity contribution is 0.0852. The topological polar surface area (TPSA) is 57.6 Å². The van der Waals surface area contributed by atoms with Crippen LogP contribution in [0.2, 0.25) is 0 Å². The monoisotopic (exact) mass is 247 g/mol. The van der Waals surface area contributed by atoms with Crippen LogP contribution in [-0.4, -0.2) is 17.4 Å². The fraction of sp³-hybridized carbons (Fsp3) is 0. The number of thiophene rings is 1. The fourth-order valence-corrected chi connectivity index (χ4v) is 2.08. The summed E-state index contributed by atoms with van der Waals surface area (Å²) in [4.78, 5) is 22.9. The van der Waals surface area contributed by atoms with E-state index in [1.165, 1.54) is 6.07 Å². The van der Waals surface area contributed by atoms with E-state index in [1.807, 2.05) is 0 Å². The van der Waals surface area contributed by atoms with Crippen LogP contribution in [0.25, 0.3) is 0 Å². The number of para-hydroxylation sites is 1. The summed E-state index contributed by atoms with van der Waals surface area (Å²) in [6.07, 6.45) is 0.608. The molecule has 2 rings (SSSR count). The molecule has 0 aliphatic heterocycles. The van der Waals surface area contributed by atoms with Crippen molar-refractivity contribution in [3.63, 3.8) is 0 Å². The van der Waals surface area contributed by atoms with E-state index >= 15 is 0 Å². The molecule has 1 N–H and O–H groups in total. The number of benzene rings is 1. The van der Waals surface area contributed by atoms with Crippen molar-refractivity contribution in [3.05, 3.63) is 52.2 Å². The molecule has 86 valence electrons. The summed E-state index contributed by atoms with van der Waals surface area (Å²) in [5.41, 5.74) is 0.567. The summed E-state index contributed by atoms with van der Waals surface area (Å²) in [5.74, 6) is -0.612. The third-order valence-corrected chi connectivity index (χ3v) is 3.07. The Balaban J connectivity index is 2.30. The number of hydroxylamine groups is 1. The first-order valence-electron chi connectivity index (χ1n) is 4.85. The average Bonchev–Trinajstić information content (AvgIpc) is 2.86. The lowest BCUT2D eigenvalue weighted by Gasteiger charge is -2.14. The molecule has 0 saturated carbocycles. The smallest absolute Gasteiger partial charge is 0.283 e. The Morgan fingerprint density at radius 1 is 1.24 bits per heavy atom. The molecule has 0 fully saturated rings. The maximum atomic E-state index is 11.9. The second kappa shape index (κ2) is 4.90. The van der Waals surface area contributed by atoms with Crippen molar-refractivity contribution in [2.75, 3.05) is 5.06 Å². The summed E-state index contributed by atoms with van der Waals surface area (Å²) < 4.78 is 0. The van der Waals surface area contributed by atoms with Crippen LogP contribution in [0, 0.1) is 0 Å². The number of anilines is 1. The highest BCUT2D eigenvalue weighted by Crippen LogP contribution is 2.19. The van der Waals surface area contributed by atoms with Crippen LogP contribution in [0.15, 0.2) is 41.8 Å². The van der Waals surface area contributed by atoms with E-state index in [4.69, 9.17) is 0 Å². The molecule has 1 aromatic carbocycles. The van der Waals surface area contributed by atoms with Gasteiger partial charge in [0.2, 0.25) is 0 Å². The van der Waals surface area contributed by atoms with Gasteiger partial charge in [0.15, 0.2) is 6.29 Å². The molecule has 0 aliphatic carbocycles. The number of hydrogen-bond donors (Lipinski definition) is 1. The number of hydrogen-bond acceptors (Lipinski definition) is 4. The number of amides is 1. The fourth-order valence-electron chi connectivity index (χ4n) is 1.39. The molecule has 1 amide bonds. The maximum Gasteiger partial charge on any atom is 0.283 e. The molecule has 0 unspecified atom stereocenters. The Labute approximate surface area is 102 Å². The predicted octanol–water partition coefficient (Wildman–Crippen LogP) is 2.60. The van der Waals surface area contributed by atoms with Crippen LogP contribution >= 0.6 is 11.3 Å². The summed E-state index contributed by atoms with van der Waals surface area (Å²) in [5, 5.41) is 11.9. The van der Waals surface area contributed by atoms with Gasteiger partial charge in [-0.3, -0.25) is 14.8 Å². The van der Waals surface area contributed by atoms with Crippen LogP contribution in [0.5, 0.6) is 0 Å². The van der Waals surface area contributed by atoms with Gasteiger partial charge in [0, 0.05) is 0 Å². The van der Waals surface area contributed by atoms with E-state index in [0.717, 1.165) is 11.3 Å². The second-order valence-corrected chi connectivity index (χ2v) is 4.22. The van der Waals surface area contributed by atoms with Gasteiger partial charge < -0.3 is 0 Å². The van der Waals surface area contributed by atoms with Crippen molar-refractivity contribution in [2.45, 2.75) is 0 Å². The lowest BCUT2D eigenvalue weighted by atomic mass is 10.2. The Hall–Kier alpha value is -1.98. The highest BCUT2D eigenvalue weighted by molar-refractivity contribution is 7.12. The summed E-state index contributed by atoms with van der Waals surface area (Å²) in [6, 6.07) is 9.92. The summed E-state index contributed by atoms with van der Waals surface area (Å²) in [6.45, 7) is 0. The zero-order valence-electron chi connectivity index (χ0n) is 8.74. The van der Waals surface area contributed by atoms with Crippen molar-refractivity contribution in [1.82, 2.24) is 0 Å². The SMILES string of the molecule is O=Cc1sccc1C(=O)N(O)c1ccccc1. The highest BCUT2D eigenvalue weighted by atomic mass is 32.1. The highest BCUT2D eigenvalue weighted by Gasteiger charge is 2.19. The van der Waals surface area contributed by atoms with E-state index in [9.17, 15) is 14.8 Å². The molecule has 0 radical (unpaired) electrons. The van der Waals surface area contributed by atoms with Gasteiger partial charge in [0.25, 0.3) is 5.91 Å². The van der Waals surface area contributed by atoms with Crippen LogP contribution in [0.1, 0.15) is 20.0 Å². The van der Waals surface area contributed by atoms with Crippen LogP contribution in [0.4, 0.5) is 5.69 Å². The van der Waals surface area contributed by atoms with Crippen LogP contribution in [0.3, 0.4) is 0 Å². The van der Waals surface area contributed by atoms with Crippen LogP contribution in [-0.2, 0) is 0 Å². The Morgan fingerprint density at radius 2 is 1.94 bits per heavy atom. The molecule has 2 aromatic rings. The van der Waals surface area contributed by atoms with E-state index in [2.05, 4.69) is 0 Å². The first kappa shape index (κ1) is 11.5. The number of rotatable bonds is 3. The molecule has 17 heavy (non-hydrogen) atoms. The van der Waals surface area contributed by atoms with Crippen molar-refractivity contribution < 1.29 is 14.8 Å². The van der Waals surface area contributed by atoms with Gasteiger partial charge >= 0.3 is 0 Å². The summed E-state index contributed by atoms with van der Waals surface area (Å²) >= 11 is 1.16. The molecular weight excluding hydrogens is 238 g/mol. The average molecular weight is 247 g/mol. The first-order valence-corrected chi connectivity index (χ1v) is 5.73. The largest absolute Gasteiger partial charge is 0.297 e. The minimum absolute atomic E-state index is 0.205. The predicted molar refractivity (Wildman–Crippen MR) is 64.7 cm³/mol. The van der Waals surface area contributed by atoms with Crippen molar-refractivity contribution in [3.8, 4) is 0 Å². The standard InChI is InChI=1S/C12H9NO3S/c14-8-11-10(6-7-17-11)12(15)13(16)9-4-2-1-3-5-9/h1-8,16H. The van der Waals surface area contributed by atoms with Gasteiger partial charge in [-0.15, -0.1) is 11.3 Å². The van der Waals surface area contributed by atoms with E-state index in [-0.39, 0.29) is 5.56 Å². The molecule has 4 nitrogen and oxygen atoms in total. The minimum atomic E-state index is -0.612. The van der Waals surface area contributed by atoms with Gasteiger partial charge in [0.1, 0.15) is 0 Å². The molecule has 0 saturated heterocycles. The van der Waals surface area contributed by atoms with E-state index < -0.39 is 5.91 Å². The third-order valence-electron chi connectivity index (χ3n) is 2.23. The van der Waals surface area contributed by atoms with Gasteiger partial charge in [-0.05, 0) is 23.6 Å². The molecule has 5 heteroatoms. The number of carbonyl (C=O) groups is 2. The molecule has 1 aromatic heterocycles. The maximum absolute atomic E-state index is 11.9. The van der Waals surface area contributed by atoms with E-state index in [0.29, 0.717) is 21.9 Å². The number of carbonyl (C=O) groups excluding carboxylic acids is 2. The normalized spacial score (nSPS) is 9.94. The van der Waals surface area contributed by atoms with Gasteiger partial charge in [0.05, 0.1) is 16.1 Å². The number of nitrogens with zero attached hydrogens (tertiary/aromatic N) is 1. The summed E-state index contributed by atoms with van der Waals surface area (Å²) in [7, 11) is 0. The molecule has 0 bridgehead atoms. The molecule has 0 atom stereocenters. The Morgan fingerprint density at radius 3 is 2.59 bits per heavy atom. The minimum Gasteiger partial charge on any atom is -0.297 e.